The minimum Gasteiger partial charge on any atom is -0.356 e. The third-order valence-electron chi connectivity index (χ3n) is 9.48. The summed E-state index contributed by atoms with van der Waals surface area (Å²) in [7, 11) is 0. The summed E-state index contributed by atoms with van der Waals surface area (Å²) in [5.41, 5.74) is 0. The molecule has 0 saturated heterocycles. The van der Waals surface area contributed by atoms with Gasteiger partial charge >= 0.3 is 0 Å². The van der Waals surface area contributed by atoms with Crippen LogP contribution in [0.4, 0.5) is 0 Å². The zero-order chi connectivity index (χ0) is 35.2. The van der Waals surface area contributed by atoms with E-state index < -0.39 is 0 Å². The zero-order valence-corrected chi connectivity index (χ0v) is 32.6. The third kappa shape index (κ3) is 35.5. The van der Waals surface area contributed by atoms with Crippen LogP contribution in [0.3, 0.4) is 0 Å². The monoisotopic (exact) mass is 671 g/mol. The molecule has 0 unspecified atom stereocenters. The van der Waals surface area contributed by atoms with E-state index in [2.05, 4.69) is 74.8 Å². The van der Waals surface area contributed by atoms with E-state index in [0.29, 0.717) is 18.8 Å². The average Bonchev–Trinajstić information content (AvgIpc) is 3.07. The molecule has 0 aliphatic heterocycles. The van der Waals surface area contributed by atoms with Crippen LogP contribution in [-0.2, 0) is 9.59 Å². The molecule has 0 aliphatic rings. The fraction of sp³-hybridized carbons (Fsp3) is 0.818. The molecule has 4 heteroatoms. The Bertz CT molecular complexity index is 785. The maximum absolute atomic E-state index is 12.6. The van der Waals surface area contributed by atoms with Crippen molar-refractivity contribution in [3.63, 3.8) is 0 Å². The number of allylic oxidation sites excluding steroid dienone is 6. The Morgan fingerprint density at radius 1 is 0.500 bits per heavy atom. The van der Waals surface area contributed by atoms with Gasteiger partial charge in [-0.2, -0.15) is 0 Å². The van der Waals surface area contributed by atoms with Crippen molar-refractivity contribution in [2.24, 2.45) is 5.92 Å². The lowest BCUT2D eigenvalue weighted by atomic mass is 9.98. The topological polar surface area (TPSA) is 58.2 Å². The predicted octanol–water partition coefficient (Wildman–Crippen LogP) is 13.3. The number of nitrogens with one attached hydrogen (secondary N) is 2. The van der Waals surface area contributed by atoms with E-state index in [1.54, 1.807) is 0 Å². The first-order valence-corrected chi connectivity index (χ1v) is 21.0. The SMILES string of the molecule is CC/C=C\C/C=C\C/C=C\CCCCCCCC(=O)N[C@@H](CCCCNC(=O)CCCCCCCCCCCCCCCCC)C(C)C. The summed E-state index contributed by atoms with van der Waals surface area (Å²) in [4.78, 5) is 24.8. The van der Waals surface area contributed by atoms with E-state index in [-0.39, 0.29) is 17.9 Å². The quantitative estimate of drug-likeness (QED) is 0.0515. The lowest BCUT2D eigenvalue weighted by Crippen LogP contribution is -2.38. The highest BCUT2D eigenvalue weighted by molar-refractivity contribution is 5.76. The second kappa shape index (κ2) is 38.0. The largest absolute Gasteiger partial charge is 0.356 e. The molecule has 0 radical (unpaired) electrons. The van der Waals surface area contributed by atoms with Gasteiger partial charge in [-0.15, -0.1) is 0 Å². The molecule has 0 spiro atoms. The molecule has 4 nitrogen and oxygen atoms in total. The van der Waals surface area contributed by atoms with E-state index >= 15 is 0 Å². The maximum Gasteiger partial charge on any atom is 0.220 e. The van der Waals surface area contributed by atoms with Gasteiger partial charge in [0.05, 0.1) is 0 Å². The predicted molar refractivity (Wildman–Crippen MR) is 212 cm³/mol. The number of carbonyl (C=O) groups is 2. The van der Waals surface area contributed by atoms with Crippen molar-refractivity contribution in [2.45, 2.75) is 220 Å². The van der Waals surface area contributed by atoms with Crippen LogP contribution in [0.15, 0.2) is 36.5 Å². The Balaban J connectivity index is 3.64. The molecule has 0 saturated carbocycles. The summed E-state index contributed by atoms with van der Waals surface area (Å²) >= 11 is 0. The fourth-order valence-electron chi connectivity index (χ4n) is 6.22. The molecule has 280 valence electrons. The van der Waals surface area contributed by atoms with Crippen molar-refractivity contribution < 1.29 is 9.59 Å². The van der Waals surface area contributed by atoms with Crippen molar-refractivity contribution >= 4 is 11.8 Å². The van der Waals surface area contributed by atoms with Gasteiger partial charge in [0.15, 0.2) is 0 Å². The van der Waals surface area contributed by atoms with E-state index in [0.717, 1.165) is 70.8 Å². The van der Waals surface area contributed by atoms with Crippen LogP contribution in [0.2, 0.25) is 0 Å². The van der Waals surface area contributed by atoms with Gasteiger partial charge in [-0.25, -0.2) is 0 Å². The van der Waals surface area contributed by atoms with E-state index in [4.69, 9.17) is 0 Å². The Kier molecular flexibility index (Phi) is 36.5. The highest BCUT2D eigenvalue weighted by atomic mass is 16.2. The number of carbonyl (C=O) groups excluding carboxylic acids is 2. The van der Waals surface area contributed by atoms with Gasteiger partial charge in [0.1, 0.15) is 0 Å². The molecule has 48 heavy (non-hydrogen) atoms. The van der Waals surface area contributed by atoms with Crippen molar-refractivity contribution in [2.75, 3.05) is 6.54 Å². The number of unbranched alkanes of at least 4 members (excludes halogenated alkanes) is 20. The lowest BCUT2D eigenvalue weighted by Gasteiger charge is -2.22. The van der Waals surface area contributed by atoms with Crippen LogP contribution < -0.4 is 10.6 Å². The first kappa shape index (κ1) is 46.2. The van der Waals surface area contributed by atoms with Gasteiger partial charge in [0.2, 0.25) is 11.8 Å². The van der Waals surface area contributed by atoms with Crippen molar-refractivity contribution in [3.8, 4) is 0 Å². The summed E-state index contributed by atoms with van der Waals surface area (Å²) in [5, 5.41) is 6.41. The van der Waals surface area contributed by atoms with Crippen LogP contribution in [0, 0.1) is 5.92 Å². The smallest absolute Gasteiger partial charge is 0.220 e. The normalized spacial score (nSPS) is 12.6. The van der Waals surface area contributed by atoms with E-state index in [1.165, 1.54) is 109 Å². The summed E-state index contributed by atoms with van der Waals surface area (Å²) < 4.78 is 0. The van der Waals surface area contributed by atoms with Crippen molar-refractivity contribution in [3.05, 3.63) is 36.5 Å². The summed E-state index contributed by atoms with van der Waals surface area (Å²) in [6.45, 7) is 9.59. The first-order chi connectivity index (χ1) is 23.5. The van der Waals surface area contributed by atoms with E-state index in [9.17, 15) is 9.59 Å². The number of rotatable bonds is 36. The highest BCUT2D eigenvalue weighted by Crippen LogP contribution is 2.15. The van der Waals surface area contributed by atoms with Gasteiger partial charge in [-0.1, -0.05) is 173 Å². The first-order valence-electron chi connectivity index (χ1n) is 21.0. The summed E-state index contributed by atoms with van der Waals surface area (Å²) in [6, 6.07) is 0.225. The molecule has 0 rings (SSSR count). The Morgan fingerprint density at radius 3 is 1.48 bits per heavy atom. The molecule has 0 aromatic rings. The van der Waals surface area contributed by atoms with Crippen LogP contribution in [0.1, 0.15) is 214 Å². The number of hydrogen-bond acceptors (Lipinski definition) is 2. The fourth-order valence-corrected chi connectivity index (χ4v) is 6.22. The van der Waals surface area contributed by atoms with Crippen LogP contribution in [-0.4, -0.2) is 24.4 Å². The molecule has 0 aromatic carbocycles. The lowest BCUT2D eigenvalue weighted by molar-refractivity contribution is -0.122. The third-order valence-corrected chi connectivity index (χ3v) is 9.48. The Hall–Kier alpha value is -1.84. The molecular weight excluding hydrogens is 588 g/mol. The highest BCUT2D eigenvalue weighted by Gasteiger charge is 2.15. The van der Waals surface area contributed by atoms with Gasteiger partial charge < -0.3 is 10.6 Å². The molecule has 2 N–H and O–H groups in total. The van der Waals surface area contributed by atoms with Crippen molar-refractivity contribution in [1.29, 1.82) is 0 Å². The summed E-state index contributed by atoms with van der Waals surface area (Å²) in [6.07, 6.45) is 48.2. The maximum atomic E-state index is 12.6. The summed E-state index contributed by atoms with van der Waals surface area (Å²) in [5.74, 6) is 0.829. The molecule has 2 amide bonds. The van der Waals surface area contributed by atoms with Gasteiger partial charge in [-0.3, -0.25) is 9.59 Å². The Morgan fingerprint density at radius 2 is 0.958 bits per heavy atom. The van der Waals surface area contributed by atoms with Crippen LogP contribution in [0.25, 0.3) is 0 Å². The van der Waals surface area contributed by atoms with Crippen LogP contribution in [0.5, 0.6) is 0 Å². The minimum atomic E-state index is 0.201. The average molecular weight is 671 g/mol. The van der Waals surface area contributed by atoms with Gasteiger partial charge in [0, 0.05) is 25.4 Å². The van der Waals surface area contributed by atoms with Gasteiger partial charge in [-0.05, 0) is 70.1 Å². The second-order valence-electron chi connectivity index (χ2n) is 14.6. The standard InChI is InChI=1S/C44H82N2O2/c1-5-7-9-11-13-15-17-19-21-23-25-27-29-31-33-38-43(47)45-40-36-35-37-42(41(3)4)46-44(48)39-34-32-30-28-26-24-22-20-18-16-14-12-10-8-6-2/h8,10,14,16,20,22,41-42H,5-7,9,11-13,15,17-19,21,23-40H2,1-4H3,(H,45,47)(H,46,48)/b10-8-,16-14-,22-20-/t42-/m0/s1. The molecule has 0 aliphatic carbocycles. The molecule has 0 bridgehead atoms. The van der Waals surface area contributed by atoms with Crippen LogP contribution >= 0.6 is 0 Å². The minimum absolute atomic E-state index is 0.201. The number of hydrogen-bond donors (Lipinski definition) is 2. The van der Waals surface area contributed by atoms with E-state index in [1.807, 2.05) is 0 Å². The second-order valence-corrected chi connectivity index (χ2v) is 14.6. The Labute approximate surface area is 300 Å². The van der Waals surface area contributed by atoms with Crippen molar-refractivity contribution in [1.82, 2.24) is 10.6 Å². The molecule has 1 atom stereocenters. The molecular formula is C44H82N2O2. The molecule has 0 aromatic heterocycles. The van der Waals surface area contributed by atoms with Gasteiger partial charge in [0.25, 0.3) is 0 Å². The zero-order valence-electron chi connectivity index (χ0n) is 32.6. The molecule has 0 heterocycles. The molecule has 0 fully saturated rings. The number of amides is 2.